The van der Waals surface area contributed by atoms with E-state index in [-0.39, 0.29) is 5.56 Å². The third-order valence-corrected chi connectivity index (χ3v) is 3.92. The number of anilines is 3. The fourth-order valence-electron chi connectivity index (χ4n) is 2.54. The fourth-order valence-corrected chi connectivity index (χ4v) is 2.54. The number of hydrogen-bond acceptors (Lipinski definition) is 7. The maximum absolute atomic E-state index is 12.6. The van der Waals surface area contributed by atoms with E-state index in [2.05, 4.69) is 20.8 Å². The van der Waals surface area contributed by atoms with Gasteiger partial charge in [-0.25, -0.2) is 0 Å². The maximum Gasteiger partial charge on any atom is 0.264 e. The summed E-state index contributed by atoms with van der Waals surface area (Å²) in [4.78, 5) is 12.6. The Morgan fingerprint density at radius 3 is 1.93 bits per heavy atom. The van der Waals surface area contributed by atoms with Crippen LogP contribution in [0.5, 0.6) is 17.2 Å². The summed E-state index contributed by atoms with van der Waals surface area (Å²) in [6.07, 6.45) is 0. The Bertz CT molecular complexity index is 921. The van der Waals surface area contributed by atoms with Crippen molar-refractivity contribution in [3.63, 3.8) is 0 Å². The molecule has 0 saturated carbocycles. The highest BCUT2D eigenvalue weighted by atomic mass is 16.5. The summed E-state index contributed by atoms with van der Waals surface area (Å²) in [6, 6.07) is 15.9. The Balaban J connectivity index is 1.71. The number of hydrogen-bond donors (Lipinski definition) is 2. The van der Waals surface area contributed by atoms with Crippen LogP contribution in [-0.2, 0) is 0 Å². The lowest BCUT2D eigenvalue weighted by atomic mass is 10.1. The van der Waals surface area contributed by atoms with Crippen molar-refractivity contribution in [2.75, 3.05) is 32.0 Å². The summed E-state index contributed by atoms with van der Waals surface area (Å²) in [5.74, 6) is 2.02. The molecule has 0 atom stereocenters. The quantitative estimate of drug-likeness (QED) is 0.648. The van der Waals surface area contributed by atoms with Gasteiger partial charge < -0.3 is 24.8 Å². The summed E-state index contributed by atoms with van der Waals surface area (Å²) in [6.45, 7) is 0. The highest BCUT2D eigenvalue weighted by molar-refractivity contribution is 6.07. The van der Waals surface area contributed by atoms with E-state index in [4.69, 9.17) is 14.2 Å². The number of rotatable bonds is 7. The minimum Gasteiger partial charge on any atom is -0.497 e. The lowest BCUT2D eigenvalue weighted by Crippen LogP contribution is -2.15. The normalized spacial score (nSPS) is 10.1. The molecular weight excluding hydrogens is 360 g/mol. The number of ether oxygens (including phenoxy) is 3. The average molecular weight is 380 g/mol. The largest absolute Gasteiger partial charge is 0.497 e. The molecule has 0 saturated heterocycles. The van der Waals surface area contributed by atoms with Crippen molar-refractivity contribution in [1.82, 2.24) is 10.2 Å². The van der Waals surface area contributed by atoms with Gasteiger partial charge >= 0.3 is 0 Å². The molecule has 1 aromatic heterocycles. The summed E-state index contributed by atoms with van der Waals surface area (Å²) in [5, 5.41) is 13.9. The van der Waals surface area contributed by atoms with Gasteiger partial charge in [-0.3, -0.25) is 4.79 Å². The van der Waals surface area contributed by atoms with E-state index in [9.17, 15) is 4.79 Å². The first kappa shape index (κ1) is 19.0. The second kappa shape index (κ2) is 8.72. The zero-order valence-corrected chi connectivity index (χ0v) is 15.7. The van der Waals surface area contributed by atoms with Crippen LogP contribution in [-0.4, -0.2) is 37.4 Å². The molecule has 28 heavy (non-hydrogen) atoms. The van der Waals surface area contributed by atoms with Crippen LogP contribution >= 0.6 is 0 Å². The number of nitrogens with zero attached hydrogens (tertiary/aromatic N) is 2. The lowest BCUT2D eigenvalue weighted by Gasteiger charge is -2.12. The number of carbonyl (C=O) groups is 1. The highest BCUT2D eigenvalue weighted by Crippen LogP contribution is 2.29. The van der Waals surface area contributed by atoms with Crippen molar-refractivity contribution in [2.24, 2.45) is 0 Å². The SMILES string of the molecule is COc1ccc(Nc2ccc(NC(=O)c3c(OC)cccc3OC)nn2)cc1. The van der Waals surface area contributed by atoms with Gasteiger partial charge in [0, 0.05) is 5.69 Å². The molecule has 2 N–H and O–H groups in total. The monoisotopic (exact) mass is 380 g/mol. The molecule has 3 aromatic rings. The van der Waals surface area contributed by atoms with Gasteiger partial charge in [-0.15, -0.1) is 10.2 Å². The number of benzene rings is 2. The Morgan fingerprint density at radius 2 is 1.39 bits per heavy atom. The van der Waals surface area contributed by atoms with Gasteiger partial charge in [0.2, 0.25) is 0 Å². The van der Waals surface area contributed by atoms with Crippen LogP contribution in [0.2, 0.25) is 0 Å². The Morgan fingerprint density at radius 1 is 0.786 bits per heavy atom. The molecule has 0 bridgehead atoms. The standard InChI is InChI=1S/C20H20N4O4/c1-26-14-9-7-13(8-10-14)21-17-11-12-18(24-23-17)22-20(25)19-15(27-2)5-4-6-16(19)28-3/h4-12H,1-3H3,(H,21,23)(H,22,24,25). The molecule has 0 fully saturated rings. The van der Waals surface area contributed by atoms with Gasteiger partial charge in [-0.05, 0) is 48.5 Å². The van der Waals surface area contributed by atoms with Gasteiger partial charge in [-0.1, -0.05) is 6.07 Å². The Labute approximate surface area is 162 Å². The second-order valence-electron chi connectivity index (χ2n) is 5.65. The molecular formula is C20H20N4O4. The molecule has 0 unspecified atom stereocenters. The van der Waals surface area contributed by atoms with Crippen molar-refractivity contribution in [3.8, 4) is 17.2 Å². The van der Waals surface area contributed by atoms with Gasteiger partial charge in [0.25, 0.3) is 5.91 Å². The third kappa shape index (κ3) is 4.29. The van der Waals surface area contributed by atoms with Crippen LogP contribution in [0.25, 0.3) is 0 Å². The third-order valence-electron chi connectivity index (χ3n) is 3.92. The molecule has 144 valence electrons. The number of carbonyl (C=O) groups excluding carboxylic acids is 1. The number of amides is 1. The summed E-state index contributed by atoms with van der Waals surface area (Å²) in [5.41, 5.74) is 1.13. The summed E-state index contributed by atoms with van der Waals surface area (Å²) in [7, 11) is 4.59. The minimum atomic E-state index is -0.403. The predicted octanol–water partition coefficient (Wildman–Crippen LogP) is 3.50. The predicted molar refractivity (Wildman–Crippen MR) is 106 cm³/mol. The maximum atomic E-state index is 12.6. The first-order chi connectivity index (χ1) is 13.6. The van der Waals surface area contributed by atoms with Crippen LogP contribution in [0, 0.1) is 0 Å². The fraction of sp³-hybridized carbons (Fsp3) is 0.150. The van der Waals surface area contributed by atoms with E-state index in [1.165, 1.54) is 14.2 Å². The van der Waals surface area contributed by atoms with Gasteiger partial charge in [-0.2, -0.15) is 0 Å². The van der Waals surface area contributed by atoms with E-state index < -0.39 is 5.91 Å². The van der Waals surface area contributed by atoms with E-state index in [0.29, 0.717) is 23.1 Å². The van der Waals surface area contributed by atoms with Crippen LogP contribution < -0.4 is 24.8 Å². The first-order valence-corrected chi connectivity index (χ1v) is 8.41. The Hall–Kier alpha value is -3.81. The van der Waals surface area contributed by atoms with Crippen molar-refractivity contribution in [2.45, 2.75) is 0 Å². The number of aromatic nitrogens is 2. The Kier molecular flexibility index (Phi) is 5.91. The summed E-state index contributed by atoms with van der Waals surface area (Å²) >= 11 is 0. The first-order valence-electron chi connectivity index (χ1n) is 8.41. The zero-order valence-electron chi connectivity index (χ0n) is 15.7. The average Bonchev–Trinajstić information content (AvgIpc) is 2.75. The van der Waals surface area contributed by atoms with Crippen LogP contribution in [0.3, 0.4) is 0 Å². The van der Waals surface area contributed by atoms with E-state index in [1.807, 2.05) is 24.3 Å². The molecule has 0 spiro atoms. The molecule has 8 nitrogen and oxygen atoms in total. The number of nitrogens with one attached hydrogen (secondary N) is 2. The van der Waals surface area contributed by atoms with E-state index >= 15 is 0 Å². The number of methoxy groups -OCH3 is 3. The minimum absolute atomic E-state index is 0.287. The van der Waals surface area contributed by atoms with Crippen molar-refractivity contribution in [3.05, 3.63) is 60.2 Å². The summed E-state index contributed by atoms with van der Waals surface area (Å²) < 4.78 is 15.6. The van der Waals surface area contributed by atoms with Gasteiger partial charge in [0.1, 0.15) is 22.8 Å². The molecule has 1 amide bonds. The van der Waals surface area contributed by atoms with Crippen LogP contribution in [0.1, 0.15) is 10.4 Å². The zero-order chi connectivity index (χ0) is 19.9. The van der Waals surface area contributed by atoms with Gasteiger partial charge in [0.15, 0.2) is 11.6 Å². The van der Waals surface area contributed by atoms with E-state index in [0.717, 1.165) is 11.4 Å². The second-order valence-corrected chi connectivity index (χ2v) is 5.65. The van der Waals surface area contributed by atoms with E-state index in [1.54, 1.807) is 37.4 Å². The molecule has 0 aliphatic heterocycles. The molecule has 1 heterocycles. The van der Waals surface area contributed by atoms with Crippen LogP contribution in [0.15, 0.2) is 54.6 Å². The van der Waals surface area contributed by atoms with Crippen LogP contribution in [0.4, 0.5) is 17.3 Å². The smallest absolute Gasteiger partial charge is 0.264 e. The molecule has 8 heteroatoms. The molecule has 0 aliphatic carbocycles. The highest BCUT2D eigenvalue weighted by Gasteiger charge is 2.18. The van der Waals surface area contributed by atoms with Crippen molar-refractivity contribution < 1.29 is 19.0 Å². The molecule has 2 aromatic carbocycles. The van der Waals surface area contributed by atoms with Crippen molar-refractivity contribution in [1.29, 1.82) is 0 Å². The molecule has 3 rings (SSSR count). The van der Waals surface area contributed by atoms with Crippen molar-refractivity contribution >= 4 is 23.2 Å². The topological polar surface area (TPSA) is 94.6 Å². The van der Waals surface area contributed by atoms with Gasteiger partial charge in [0.05, 0.1) is 21.3 Å². The lowest BCUT2D eigenvalue weighted by molar-refractivity contribution is 0.102. The molecule has 0 aliphatic rings. The molecule has 0 radical (unpaired) electrons.